The van der Waals surface area contributed by atoms with E-state index >= 15 is 0 Å². The van der Waals surface area contributed by atoms with Crippen LogP contribution < -0.4 is 20.0 Å². The SMILES string of the molecule is Cc1ccc(N(C(=O)[O-])C(C)N2CCCCC2)cc1N(C(=O)[O-])C(C)N1CCCCC1. The minimum Gasteiger partial charge on any atom is -0.530 e. The molecule has 2 aliphatic rings. The van der Waals surface area contributed by atoms with Crippen molar-refractivity contribution in [1.29, 1.82) is 0 Å². The minimum absolute atomic E-state index is 0.392. The molecule has 2 saturated heterocycles. The first-order chi connectivity index (χ1) is 14.8. The average molecular weight is 431 g/mol. The molecule has 0 bridgehead atoms. The summed E-state index contributed by atoms with van der Waals surface area (Å²) in [7, 11) is 0. The highest BCUT2D eigenvalue weighted by atomic mass is 16.4. The van der Waals surface area contributed by atoms with Crippen molar-refractivity contribution in [1.82, 2.24) is 9.80 Å². The highest BCUT2D eigenvalue weighted by molar-refractivity contribution is 5.90. The number of carbonyl (C=O) groups is 2. The molecule has 2 fully saturated rings. The van der Waals surface area contributed by atoms with Crippen molar-refractivity contribution in [2.45, 2.75) is 71.6 Å². The molecule has 8 heteroatoms. The molecular formula is C23H34N4O4-2. The summed E-state index contributed by atoms with van der Waals surface area (Å²) in [6.45, 7) is 8.88. The van der Waals surface area contributed by atoms with Gasteiger partial charge in [0.15, 0.2) is 0 Å². The second-order valence-electron chi connectivity index (χ2n) is 8.70. The van der Waals surface area contributed by atoms with Gasteiger partial charge in [0.2, 0.25) is 0 Å². The summed E-state index contributed by atoms with van der Waals surface area (Å²) in [4.78, 5) is 31.0. The monoisotopic (exact) mass is 430 g/mol. The first kappa shape index (κ1) is 23.3. The van der Waals surface area contributed by atoms with Gasteiger partial charge in [-0.25, -0.2) is 0 Å². The molecule has 8 nitrogen and oxygen atoms in total. The number of likely N-dealkylation sites (tertiary alicyclic amines) is 2. The van der Waals surface area contributed by atoms with Crippen LogP contribution in [0.4, 0.5) is 21.0 Å². The molecule has 1 aromatic carbocycles. The lowest BCUT2D eigenvalue weighted by Gasteiger charge is -2.43. The molecule has 2 unspecified atom stereocenters. The Balaban J connectivity index is 1.93. The zero-order valence-corrected chi connectivity index (χ0v) is 18.9. The van der Waals surface area contributed by atoms with E-state index in [-0.39, 0.29) is 0 Å². The maximum absolute atomic E-state index is 12.2. The fraction of sp³-hybridized carbons (Fsp3) is 0.652. The summed E-state index contributed by atoms with van der Waals surface area (Å²) in [6, 6.07) is 5.12. The first-order valence-electron chi connectivity index (χ1n) is 11.4. The van der Waals surface area contributed by atoms with Crippen LogP contribution in [-0.2, 0) is 0 Å². The molecule has 0 radical (unpaired) electrons. The van der Waals surface area contributed by atoms with Crippen LogP contribution in [0.15, 0.2) is 18.2 Å². The smallest absolute Gasteiger partial charge is 0.142 e. The molecule has 0 saturated carbocycles. The lowest BCUT2D eigenvalue weighted by Crippen LogP contribution is -2.56. The highest BCUT2D eigenvalue weighted by Crippen LogP contribution is 2.31. The molecule has 0 aliphatic carbocycles. The van der Waals surface area contributed by atoms with Gasteiger partial charge in [0.05, 0.1) is 12.3 Å². The van der Waals surface area contributed by atoms with E-state index in [1.54, 1.807) is 18.2 Å². The second-order valence-corrected chi connectivity index (χ2v) is 8.70. The van der Waals surface area contributed by atoms with Crippen molar-refractivity contribution in [3.05, 3.63) is 23.8 Å². The van der Waals surface area contributed by atoms with Crippen molar-refractivity contribution in [3.8, 4) is 0 Å². The van der Waals surface area contributed by atoms with Gasteiger partial charge in [0.25, 0.3) is 0 Å². The predicted octanol–water partition coefficient (Wildman–Crippen LogP) is 1.96. The second kappa shape index (κ2) is 10.3. The summed E-state index contributed by atoms with van der Waals surface area (Å²) < 4.78 is 0. The summed E-state index contributed by atoms with van der Waals surface area (Å²) in [5.74, 6) is 0. The summed E-state index contributed by atoms with van der Waals surface area (Å²) in [5, 5.41) is 24.3. The number of hydrogen-bond acceptors (Lipinski definition) is 6. The van der Waals surface area contributed by atoms with E-state index in [9.17, 15) is 19.8 Å². The quantitative estimate of drug-likeness (QED) is 0.685. The Kier molecular flexibility index (Phi) is 7.78. The van der Waals surface area contributed by atoms with Gasteiger partial charge >= 0.3 is 0 Å². The molecule has 31 heavy (non-hydrogen) atoms. The van der Waals surface area contributed by atoms with E-state index < -0.39 is 24.5 Å². The number of benzene rings is 1. The molecular weight excluding hydrogens is 396 g/mol. The molecule has 2 aliphatic heterocycles. The highest BCUT2D eigenvalue weighted by Gasteiger charge is 2.28. The van der Waals surface area contributed by atoms with Crippen LogP contribution in [0.5, 0.6) is 0 Å². The van der Waals surface area contributed by atoms with Crippen molar-refractivity contribution in [2.75, 3.05) is 36.0 Å². The molecule has 2 heterocycles. The normalized spacial score (nSPS) is 20.1. The molecule has 0 N–H and O–H groups in total. The number of rotatable bonds is 6. The molecule has 3 rings (SSSR count). The van der Waals surface area contributed by atoms with Crippen LogP contribution in [0, 0.1) is 6.92 Å². The van der Waals surface area contributed by atoms with Crippen molar-refractivity contribution in [3.63, 3.8) is 0 Å². The van der Waals surface area contributed by atoms with Gasteiger partial charge in [-0.3, -0.25) is 9.80 Å². The van der Waals surface area contributed by atoms with Gasteiger partial charge in [-0.15, -0.1) is 0 Å². The lowest BCUT2D eigenvalue weighted by molar-refractivity contribution is -0.248. The van der Waals surface area contributed by atoms with Gasteiger partial charge in [0, 0.05) is 37.6 Å². The Hall–Kier alpha value is -2.32. The van der Waals surface area contributed by atoms with Crippen molar-refractivity contribution >= 4 is 23.6 Å². The number of nitrogens with zero attached hydrogens (tertiary/aromatic N) is 4. The predicted molar refractivity (Wildman–Crippen MR) is 117 cm³/mol. The Morgan fingerprint density at radius 3 is 1.71 bits per heavy atom. The fourth-order valence-electron chi connectivity index (χ4n) is 4.84. The first-order valence-corrected chi connectivity index (χ1v) is 11.4. The number of aryl methyl sites for hydroxylation is 1. The van der Waals surface area contributed by atoms with Gasteiger partial charge in [-0.2, -0.15) is 0 Å². The molecule has 1 aromatic rings. The number of carbonyl (C=O) groups excluding carboxylic acids is 2. The van der Waals surface area contributed by atoms with Crippen LogP contribution in [0.25, 0.3) is 0 Å². The summed E-state index contributed by atoms with van der Waals surface area (Å²) in [5.41, 5.74) is 1.61. The molecule has 0 aromatic heterocycles. The summed E-state index contributed by atoms with van der Waals surface area (Å²) in [6.07, 6.45) is 3.08. The minimum atomic E-state index is -1.29. The molecule has 172 valence electrons. The lowest BCUT2D eigenvalue weighted by atomic mass is 10.1. The zero-order valence-electron chi connectivity index (χ0n) is 18.9. The number of amides is 2. The van der Waals surface area contributed by atoms with Crippen LogP contribution in [0.2, 0.25) is 0 Å². The Bertz CT molecular complexity index is 775. The van der Waals surface area contributed by atoms with Crippen molar-refractivity contribution in [2.24, 2.45) is 0 Å². The van der Waals surface area contributed by atoms with Gasteiger partial charge in [-0.05, 0) is 64.2 Å². The third-order valence-electron chi connectivity index (χ3n) is 6.71. The third-order valence-corrected chi connectivity index (χ3v) is 6.71. The van der Waals surface area contributed by atoms with Crippen LogP contribution in [0.1, 0.15) is 57.9 Å². The van der Waals surface area contributed by atoms with Gasteiger partial charge in [-0.1, -0.05) is 18.9 Å². The topological polar surface area (TPSA) is 93.2 Å². The Labute approximate surface area is 185 Å². The van der Waals surface area contributed by atoms with E-state index in [0.29, 0.717) is 11.4 Å². The third kappa shape index (κ3) is 5.30. The van der Waals surface area contributed by atoms with E-state index in [1.165, 1.54) is 9.80 Å². The Morgan fingerprint density at radius 1 is 0.806 bits per heavy atom. The van der Waals surface area contributed by atoms with E-state index in [4.69, 9.17) is 0 Å². The Morgan fingerprint density at radius 2 is 1.26 bits per heavy atom. The molecule has 2 amide bonds. The average Bonchev–Trinajstić information content (AvgIpc) is 2.76. The number of anilines is 2. The molecule has 2 atom stereocenters. The van der Waals surface area contributed by atoms with E-state index in [0.717, 1.165) is 70.3 Å². The van der Waals surface area contributed by atoms with Crippen molar-refractivity contribution < 1.29 is 19.8 Å². The largest absolute Gasteiger partial charge is 0.530 e. The van der Waals surface area contributed by atoms with Gasteiger partial charge in [0.1, 0.15) is 12.2 Å². The molecule has 0 spiro atoms. The zero-order chi connectivity index (χ0) is 22.5. The fourth-order valence-corrected chi connectivity index (χ4v) is 4.84. The summed E-state index contributed by atoms with van der Waals surface area (Å²) >= 11 is 0. The standard InChI is InChI=1S/C23H36N4O4/c1-17-10-11-20(26(22(28)29)18(2)24-12-6-4-7-13-24)16-21(17)27(23(30)31)19(3)25-14-8-5-9-15-25/h10-11,16,18-19H,4-9,12-15H2,1-3H3,(H,28,29)(H,30,31)/p-2. The van der Waals surface area contributed by atoms with Crippen LogP contribution in [0.3, 0.4) is 0 Å². The van der Waals surface area contributed by atoms with Crippen LogP contribution in [-0.4, -0.2) is 60.5 Å². The van der Waals surface area contributed by atoms with Crippen LogP contribution >= 0.6 is 0 Å². The maximum atomic E-state index is 12.2. The number of hydrogen-bond donors (Lipinski definition) is 0. The number of carboxylic acid groups (broad SMARTS) is 2. The number of piperidine rings is 2. The van der Waals surface area contributed by atoms with E-state index in [2.05, 4.69) is 9.80 Å². The maximum Gasteiger partial charge on any atom is 0.142 e. The van der Waals surface area contributed by atoms with Gasteiger partial charge < -0.3 is 29.6 Å². The van der Waals surface area contributed by atoms with E-state index in [1.807, 2.05) is 20.8 Å².